The molecule has 1 aromatic heterocycles. The summed E-state index contributed by atoms with van der Waals surface area (Å²) in [6.07, 6.45) is 0.838. The topological polar surface area (TPSA) is 93.5 Å². The number of benzene rings is 2. The van der Waals surface area contributed by atoms with E-state index < -0.39 is 10.0 Å². The molecule has 2 aromatic carbocycles. The Morgan fingerprint density at radius 3 is 2.64 bits per heavy atom. The van der Waals surface area contributed by atoms with Crippen molar-refractivity contribution in [2.75, 3.05) is 37.4 Å². The van der Waals surface area contributed by atoms with Gasteiger partial charge in [-0.05, 0) is 43.2 Å². The highest BCUT2D eigenvalue weighted by Crippen LogP contribution is 2.28. The minimum Gasteiger partial charge on any atom is -0.379 e. The third-order valence-corrected chi connectivity index (χ3v) is 8.48. The first-order valence-corrected chi connectivity index (χ1v) is 13.4. The second kappa shape index (κ2) is 10.3. The molecule has 4 rings (SSSR count). The molecule has 1 aliphatic heterocycles. The molecule has 0 aliphatic carbocycles. The molecule has 1 saturated heterocycles. The van der Waals surface area contributed by atoms with Crippen LogP contribution in [-0.2, 0) is 32.5 Å². The van der Waals surface area contributed by atoms with Crippen LogP contribution in [0.3, 0.4) is 0 Å². The fourth-order valence-electron chi connectivity index (χ4n) is 3.87. The van der Waals surface area contributed by atoms with Gasteiger partial charge in [0.25, 0.3) is 0 Å². The highest BCUT2D eigenvalue weighted by Gasteiger charge is 2.27. The number of para-hydroxylation sites is 1. The second-order valence-corrected chi connectivity index (χ2v) is 10.5. The number of carbonyl (C=O) groups is 1. The maximum absolute atomic E-state index is 13.0. The number of anilines is 1. The zero-order chi connectivity index (χ0) is 23.4. The molecule has 33 heavy (non-hydrogen) atoms. The number of hydrogen-bond donors (Lipinski definition) is 1. The van der Waals surface area contributed by atoms with Crippen LogP contribution >= 0.6 is 11.8 Å². The van der Waals surface area contributed by atoms with E-state index in [-0.39, 0.29) is 16.6 Å². The average molecular weight is 489 g/mol. The summed E-state index contributed by atoms with van der Waals surface area (Å²) in [5.41, 5.74) is 3.36. The van der Waals surface area contributed by atoms with E-state index in [0.29, 0.717) is 43.5 Å². The van der Waals surface area contributed by atoms with Gasteiger partial charge >= 0.3 is 0 Å². The molecule has 1 N–H and O–H groups in total. The predicted molar refractivity (Wildman–Crippen MR) is 130 cm³/mol. The Morgan fingerprint density at radius 1 is 1.15 bits per heavy atom. The zero-order valence-electron chi connectivity index (χ0n) is 18.8. The molecular weight excluding hydrogens is 460 g/mol. The number of hydrogen-bond acceptors (Lipinski definition) is 6. The molecule has 1 aliphatic rings. The van der Waals surface area contributed by atoms with Crippen LogP contribution in [0, 0.1) is 0 Å². The molecule has 0 radical (unpaired) electrons. The summed E-state index contributed by atoms with van der Waals surface area (Å²) < 4.78 is 34.7. The number of nitrogens with zero attached hydrogens (tertiary/aromatic N) is 3. The normalized spacial score (nSPS) is 15.1. The second-order valence-electron chi connectivity index (χ2n) is 7.65. The molecule has 3 aromatic rings. The van der Waals surface area contributed by atoms with Crippen LogP contribution in [0.2, 0.25) is 0 Å². The van der Waals surface area contributed by atoms with Crippen LogP contribution in [0.25, 0.3) is 11.0 Å². The largest absolute Gasteiger partial charge is 0.379 e. The van der Waals surface area contributed by atoms with Gasteiger partial charge in [0.2, 0.25) is 15.9 Å². The molecule has 1 amide bonds. The van der Waals surface area contributed by atoms with E-state index >= 15 is 0 Å². The standard InChI is InChI=1S/C23H28N4O4S2/c1-3-17-7-5-6-8-19(17)24-22(28)16-32-23-25-20-15-18(9-10-21(20)27(23)4-2)33(29,30)26-11-13-31-14-12-26/h5-10,15H,3-4,11-14,16H2,1-2H3,(H,24,28). The van der Waals surface area contributed by atoms with Crippen LogP contribution in [0.5, 0.6) is 0 Å². The molecule has 0 bridgehead atoms. The number of amides is 1. The summed E-state index contributed by atoms with van der Waals surface area (Å²) in [7, 11) is -3.60. The first-order valence-electron chi connectivity index (χ1n) is 11.0. The summed E-state index contributed by atoms with van der Waals surface area (Å²) in [4.78, 5) is 17.4. The summed E-state index contributed by atoms with van der Waals surface area (Å²) >= 11 is 1.34. The third kappa shape index (κ3) is 5.08. The van der Waals surface area contributed by atoms with Crippen LogP contribution in [0.1, 0.15) is 19.4 Å². The molecule has 176 valence electrons. The van der Waals surface area contributed by atoms with Crippen molar-refractivity contribution in [3.8, 4) is 0 Å². The van der Waals surface area contributed by atoms with Crippen molar-refractivity contribution in [3.63, 3.8) is 0 Å². The van der Waals surface area contributed by atoms with Gasteiger partial charge in [-0.25, -0.2) is 13.4 Å². The summed E-state index contributed by atoms with van der Waals surface area (Å²) in [6.45, 7) is 6.21. The van der Waals surface area contributed by atoms with Crippen molar-refractivity contribution in [2.24, 2.45) is 0 Å². The molecule has 10 heteroatoms. The number of aromatic nitrogens is 2. The Morgan fingerprint density at radius 2 is 1.91 bits per heavy atom. The van der Waals surface area contributed by atoms with Crippen molar-refractivity contribution in [1.29, 1.82) is 0 Å². The van der Waals surface area contributed by atoms with Crippen LogP contribution in [0.15, 0.2) is 52.5 Å². The number of nitrogens with one attached hydrogen (secondary N) is 1. The first-order chi connectivity index (χ1) is 15.9. The molecule has 1 fully saturated rings. The highest BCUT2D eigenvalue weighted by molar-refractivity contribution is 7.99. The van der Waals surface area contributed by atoms with E-state index in [4.69, 9.17) is 4.74 Å². The number of morpholine rings is 1. The smallest absolute Gasteiger partial charge is 0.243 e. The Kier molecular flexibility index (Phi) is 7.38. The van der Waals surface area contributed by atoms with Gasteiger partial charge in [-0.1, -0.05) is 36.9 Å². The Labute approximate surface area is 198 Å². The number of rotatable bonds is 8. The van der Waals surface area contributed by atoms with Gasteiger partial charge in [0, 0.05) is 25.3 Å². The van der Waals surface area contributed by atoms with E-state index in [1.54, 1.807) is 18.2 Å². The number of sulfonamides is 1. The van der Waals surface area contributed by atoms with Crippen molar-refractivity contribution in [3.05, 3.63) is 48.0 Å². The third-order valence-electron chi connectivity index (χ3n) is 5.61. The predicted octanol–water partition coefficient (Wildman–Crippen LogP) is 3.37. The molecule has 0 spiro atoms. The maximum Gasteiger partial charge on any atom is 0.243 e. The van der Waals surface area contributed by atoms with E-state index in [1.807, 2.05) is 35.8 Å². The lowest BCUT2D eigenvalue weighted by Crippen LogP contribution is -2.40. The van der Waals surface area contributed by atoms with Crippen molar-refractivity contribution >= 4 is 44.4 Å². The minimum atomic E-state index is -3.60. The summed E-state index contributed by atoms with van der Waals surface area (Å²) in [6, 6.07) is 12.8. The molecule has 0 atom stereocenters. The zero-order valence-corrected chi connectivity index (χ0v) is 20.4. The van der Waals surface area contributed by atoms with Crippen molar-refractivity contribution in [2.45, 2.75) is 36.9 Å². The summed E-state index contributed by atoms with van der Waals surface area (Å²) in [5.74, 6) is 0.103. The van der Waals surface area contributed by atoms with Gasteiger partial charge in [-0.2, -0.15) is 4.31 Å². The van der Waals surface area contributed by atoms with Gasteiger partial charge in [0.15, 0.2) is 5.16 Å². The van der Waals surface area contributed by atoms with Crippen molar-refractivity contribution < 1.29 is 17.9 Å². The van der Waals surface area contributed by atoms with E-state index in [1.165, 1.54) is 16.1 Å². The van der Waals surface area contributed by atoms with E-state index in [0.717, 1.165) is 23.2 Å². The van der Waals surface area contributed by atoms with E-state index in [9.17, 15) is 13.2 Å². The quantitative estimate of drug-likeness (QED) is 0.489. The lowest BCUT2D eigenvalue weighted by atomic mass is 10.1. The van der Waals surface area contributed by atoms with Gasteiger partial charge in [-0.15, -0.1) is 0 Å². The molecule has 2 heterocycles. The number of ether oxygens (including phenoxy) is 1. The van der Waals surface area contributed by atoms with Crippen LogP contribution in [-0.4, -0.2) is 60.2 Å². The minimum absolute atomic E-state index is 0.105. The number of carbonyl (C=O) groups excluding carboxylic acids is 1. The van der Waals surface area contributed by atoms with Gasteiger partial charge in [-0.3, -0.25) is 4.79 Å². The fourth-order valence-corrected chi connectivity index (χ4v) is 6.17. The monoisotopic (exact) mass is 488 g/mol. The first kappa shape index (κ1) is 23.7. The Balaban J connectivity index is 1.52. The molecule has 0 unspecified atom stereocenters. The van der Waals surface area contributed by atoms with Gasteiger partial charge in [0.1, 0.15) is 0 Å². The SMILES string of the molecule is CCc1ccccc1NC(=O)CSc1nc2cc(S(=O)(=O)N3CCOCC3)ccc2n1CC. The molecule has 0 saturated carbocycles. The number of fused-ring (bicyclic) bond motifs is 1. The lowest BCUT2D eigenvalue weighted by Gasteiger charge is -2.26. The van der Waals surface area contributed by atoms with Crippen LogP contribution < -0.4 is 5.32 Å². The Bertz CT molecular complexity index is 1250. The lowest BCUT2D eigenvalue weighted by molar-refractivity contribution is -0.113. The Hall–Kier alpha value is -2.40. The number of imidazole rings is 1. The van der Waals surface area contributed by atoms with Gasteiger partial charge < -0.3 is 14.6 Å². The maximum atomic E-state index is 13.0. The van der Waals surface area contributed by atoms with Crippen LogP contribution in [0.4, 0.5) is 5.69 Å². The van der Waals surface area contributed by atoms with Crippen molar-refractivity contribution in [1.82, 2.24) is 13.9 Å². The van der Waals surface area contributed by atoms with E-state index in [2.05, 4.69) is 17.2 Å². The number of aryl methyl sites for hydroxylation is 2. The number of thioether (sulfide) groups is 1. The average Bonchev–Trinajstić information content (AvgIpc) is 3.20. The molecular formula is C23H28N4O4S2. The fraction of sp³-hybridized carbons (Fsp3) is 0.391. The highest BCUT2D eigenvalue weighted by atomic mass is 32.2. The summed E-state index contributed by atoms with van der Waals surface area (Å²) in [5, 5.41) is 3.66. The molecule has 8 nitrogen and oxygen atoms in total. The van der Waals surface area contributed by atoms with Gasteiger partial charge in [0.05, 0.1) is 34.9 Å².